The van der Waals surface area contributed by atoms with Crippen molar-refractivity contribution < 1.29 is 14.3 Å². The molecule has 1 unspecified atom stereocenters. The number of ether oxygens (including phenoxy) is 1. The molecule has 0 aliphatic carbocycles. The number of likely N-dealkylation sites (N-methyl/N-ethyl adjacent to an activating group) is 1. The Morgan fingerprint density at radius 1 is 1.47 bits per heavy atom. The number of hydrogen-bond acceptors (Lipinski definition) is 4. The number of piperidine rings is 1. The number of esters is 1. The molecule has 0 bridgehead atoms. The number of carbonyl (C=O) groups excluding carboxylic acids is 2. The lowest BCUT2D eigenvalue weighted by Gasteiger charge is -2.33. The summed E-state index contributed by atoms with van der Waals surface area (Å²) < 4.78 is 4.70. The van der Waals surface area contributed by atoms with Gasteiger partial charge in [0.15, 0.2) is 0 Å². The van der Waals surface area contributed by atoms with Crippen LogP contribution in [0, 0.1) is 0 Å². The Morgan fingerprint density at radius 2 is 2.20 bits per heavy atom. The normalized spacial score (nSPS) is 21.2. The van der Waals surface area contributed by atoms with Crippen molar-refractivity contribution in [2.75, 3.05) is 27.2 Å². The molecule has 1 saturated heterocycles. The van der Waals surface area contributed by atoms with E-state index in [1.54, 1.807) is 11.9 Å². The minimum absolute atomic E-state index is 0.0346. The van der Waals surface area contributed by atoms with E-state index in [4.69, 9.17) is 4.74 Å². The van der Waals surface area contributed by atoms with E-state index in [0.717, 1.165) is 12.8 Å². The van der Waals surface area contributed by atoms with Gasteiger partial charge in [0.2, 0.25) is 5.91 Å². The molecule has 0 saturated carbocycles. The summed E-state index contributed by atoms with van der Waals surface area (Å²) in [4.78, 5) is 24.8. The first kappa shape index (κ1) is 12.0. The first-order valence-corrected chi connectivity index (χ1v) is 5.22. The van der Waals surface area contributed by atoms with Gasteiger partial charge >= 0.3 is 5.97 Å². The number of rotatable bonds is 3. The summed E-state index contributed by atoms with van der Waals surface area (Å²) in [6.07, 6.45) is 2.65. The lowest BCUT2D eigenvalue weighted by Crippen LogP contribution is -2.50. The number of nitrogens with zero attached hydrogens (tertiary/aromatic N) is 1. The molecule has 0 spiro atoms. The third kappa shape index (κ3) is 2.92. The highest BCUT2D eigenvalue weighted by Crippen LogP contribution is 2.17. The Kier molecular flexibility index (Phi) is 4.55. The highest BCUT2D eigenvalue weighted by molar-refractivity contribution is 5.85. The van der Waals surface area contributed by atoms with E-state index in [2.05, 4.69) is 5.32 Å². The number of methoxy groups -OCH3 is 1. The van der Waals surface area contributed by atoms with Crippen LogP contribution >= 0.6 is 0 Å². The zero-order chi connectivity index (χ0) is 11.3. The van der Waals surface area contributed by atoms with Crippen molar-refractivity contribution in [2.45, 2.75) is 25.3 Å². The second-order valence-corrected chi connectivity index (χ2v) is 3.65. The highest BCUT2D eigenvalue weighted by Gasteiger charge is 2.32. The standard InChI is InChI=1S/C10H18N2O3/c1-11-7-9(13)12-6-4-3-5-8(12)10(14)15-2/h8,11H,3-7H2,1-2H3. The summed E-state index contributed by atoms with van der Waals surface area (Å²) in [5, 5.41) is 2.80. The fraction of sp³-hybridized carbons (Fsp3) is 0.800. The Hall–Kier alpha value is -1.10. The summed E-state index contributed by atoms with van der Waals surface area (Å²) in [6.45, 7) is 0.924. The van der Waals surface area contributed by atoms with Crippen molar-refractivity contribution in [1.82, 2.24) is 10.2 Å². The number of carbonyl (C=O) groups is 2. The molecular weight excluding hydrogens is 196 g/mol. The van der Waals surface area contributed by atoms with E-state index in [9.17, 15) is 9.59 Å². The highest BCUT2D eigenvalue weighted by atomic mass is 16.5. The predicted molar refractivity (Wildman–Crippen MR) is 55.3 cm³/mol. The third-order valence-corrected chi connectivity index (χ3v) is 2.62. The maximum atomic E-state index is 11.7. The number of likely N-dealkylation sites (tertiary alicyclic amines) is 1. The Labute approximate surface area is 89.8 Å². The lowest BCUT2D eigenvalue weighted by molar-refractivity contribution is -0.154. The van der Waals surface area contributed by atoms with E-state index in [-0.39, 0.29) is 24.5 Å². The minimum Gasteiger partial charge on any atom is -0.467 e. The van der Waals surface area contributed by atoms with Crippen LogP contribution in [0.5, 0.6) is 0 Å². The summed E-state index contributed by atoms with van der Waals surface area (Å²) in [7, 11) is 3.08. The van der Waals surface area contributed by atoms with Gasteiger partial charge in [-0.1, -0.05) is 0 Å². The van der Waals surface area contributed by atoms with Crippen molar-refractivity contribution >= 4 is 11.9 Å². The quantitative estimate of drug-likeness (QED) is 0.659. The van der Waals surface area contributed by atoms with E-state index >= 15 is 0 Å². The van der Waals surface area contributed by atoms with Crippen LogP contribution in [0.4, 0.5) is 0 Å². The van der Waals surface area contributed by atoms with Gasteiger partial charge in [0.1, 0.15) is 6.04 Å². The molecule has 15 heavy (non-hydrogen) atoms. The average molecular weight is 214 g/mol. The van der Waals surface area contributed by atoms with Gasteiger partial charge in [-0.2, -0.15) is 0 Å². The Morgan fingerprint density at radius 3 is 2.80 bits per heavy atom. The van der Waals surface area contributed by atoms with Gasteiger partial charge in [-0.3, -0.25) is 4.79 Å². The molecule has 1 fully saturated rings. The summed E-state index contributed by atoms with van der Waals surface area (Å²) in [5.74, 6) is -0.341. The largest absolute Gasteiger partial charge is 0.467 e. The molecule has 0 aromatic carbocycles. The van der Waals surface area contributed by atoms with E-state index < -0.39 is 0 Å². The molecule has 1 aliphatic rings. The van der Waals surface area contributed by atoms with Crippen molar-refractivity contribution in [3.63, 3.8) is 0 Å². The molecule has 0 radical (unpaired) electrons. The first-order valence-electron chi connectivity index (χ1n) is 5.22. The fourth-order valence-electron chi connectivity index (χ4n) is 1.86. The van der Waals surface area contributed by atoms with Crippen LogP contribution in [0.1, 0.15) is 19.3 Å². The molecule has 1 heterocycles. The molecule has 1 atom stereocenters. The number of amides is 1. The molecule has 1 rings (SSSR count). The molecule has 1 amide bonds. The van der Waals surface area contributed by atoms with Gasteiger partial charge in [-0.15, -0.1) is 0 Å². The topological polar surface area (TPSA) is 58.6 Å². The smallest absolute Gasteiger partial charge is 0.328 e. The van der Waals surface area contributed by atoms with Crippen LogP contribution in [-0.4, -0.2) is 50.1 Å². The van der Waals surface area contributed by atoms with Crippen LogP contribution in [0.3, 0.4) is 0 Å². The van der Waals surface area contributed by atoms with E-state index in [1.165, 1.54) is 7.11 Å². The predicted octanol–water partition coefficient (Wildman–Crippen LogP) is -0.240. The van der Waals surface area contributed by atoms with Crippen LogP contribution in [0.25, 0.3) is 0 Å². The molecule has 1 aliphatic heterocycles. The molecule has 0 aromatic rings. The maximum absolute atomic E-state index is 11.7. The average Bonchev–Trinajstić information content (AvgIpc) is 2.28. The molecule has 0 aromatic heterocycles. The Balaban J connectivity index is 2.65. The van der Waals surface area contributed by atoms with Gasteiger partial charge in [-0.25, -0.2) is 4.79 Å². The van der Waals surface area contributed by atoms with Gasteiger partial charge in [0, 0.05) is 6.54 Å². The molecular formula is C10H18N2O3. The Bertz CT molecular complexity index is 243. The van der Waals surface area contributed by atoms with Gasteiger partial charge < -0.3 is 15.0 Å². The van der Waals surface area contributed by atoms with Crippen molar-refractivity contribution in [1.29, 1.82) is 0 Å². The van der Waals surface area contributed by atoms with Gasteiger partial charge in [0.05, 0.1) is 13.7 Å². The van der Waals surface area contributed by atoms with Crippen LogP contribution < -0.4 is 5.32 Å². The SMILES string of the molecule is CNCC(=O)N1CCCCC1C(=O)OC. The molecule has 5 nitrogen and oxygen atoms in total. The molecule has 5 heteroatoms. The third-order valence-electron chi connectivity index (χ3n) is 2.62. The van der Waals surface area contributed by atoms with Gasteiger partial charge in [-0.05, 0) is 26.3 Å². The van der Waals surface area contributed by atoms with E-state index in [0.29, 0.717) is 13.0 Å². The summed E-state index contributed by atoms with van der Waals surface area (Å²) in [5.41, 5.74) is 0. The number of nitrogens with one attached hydrogen (secondary N) is 1. The fourth-order valence-corrected chi connectivity index (χ4v) is 1.86. The monoisotopic (exact) mass is 214 g/mol. The number of hydrogen-bond donors (Lipinski definition) is 1. The molecule has 1 N–H and O–H groups in total. The maximum Gasteiger partial charge on any atom is 0.328 e. The van der Waals surface area contributed by atoms with Crippen molar-refractivity contribution in [3.8, 4) is 0 Å². The lowest BCUT2D eigenvalue weighted by atomic mass is 10.0. The summed E-state index contributed by atoms with van der Waals surface area (Å²) in [6, 6.07) is -0.385. The van der Waals surface area contributed by atoms with Crippen LogP contribution in [-0.2, 0) is 14.3 Å². The second kappa shape index (κ2) is 5.70. The van der Waals surface area contributed by atoms with Gasteiger partial charge in [0.25, 0.3) is 0 Å². The zero-order valence-electron chi connectivity index (χ0n) is 9.28. The molecule has 86 valence electrons. The second-order valence-electron chi connectivity index (χ2n) is 3.65. The summed E-state index contributed by atoms with van der Waals surface area (Å²) >= 11 is 0. The minimum atomic E-state index is -0.385. The van der Waals surface area contributed by atoms with Crippen LogP contribution in [0.15, 0.2) is 0 Å². The van der Waals surface area contributed by atoms with E-state index in [1.807, 2.05) is 0 Å². The first-order chi connectivity index (χ1) is 7.20. The van der Waals surface area contributed by atoms with Crippen LogP contribution in [0.2, 0.25) is 0 Å². The van der Waals surface area contributed by atoms with Crippen molar-refractivity contribution in [2.24, 2.45) is 0 Å². The van der Waals surface area contributed by atoms with Crippen molar-refractivity contribution in [3.05, 3.63) is 0 Å². The zero-order valence-corrected chi connectivity index (χ0v) is 9.28.